The zero-order chi connectivity index (χ0) is 20.1. The molecule has 0 aliphatic carbocycles. The molecule has 6 nitrogen and oxygen atoms in total. The van der Waals surface area contributed by atoms with Crippen LogP contribution in [0.1, 0.15) is 30.8 Å². The molecule has 0 radical (unpaired) electrons. The normalized spacial score (nSPS) is 10.9. The molecule has 0 spiro atoms. The topological polar surface area (TPSA) is 67.2 Å². The number of amides is 2. The van der Waals surface area contributed by atoms with Gasteiger partial charge in [0.2, 0.25) is 11.8 Å². The number of likely N-dealkylation sites (N-methyl/N-ethyl adjacent to an activating group) is 1. The molecule has 1 aromatic heterocycles. The Morgan fingerprint density at radius 1 is 1.26 bits per heavy atom. The maximum atomic E-state index is 12.6. The zero-order valence-electron chi connectivity index (χ0n) is 16.5. The molecule has 0 saturated carbocycles. The number of hydrogen-bond acceptors (Lipinski definition) is 3. The van der Waals surface area contributed by atoms with Crippen molar-refractivity contribution in [2.24, 2.45) is 5.92 Å². The van der Waals surface area contributed by atoms with E-state index in [-0.39, 0.29) is 24.8 Å². The number of rotatable bonds is 7. The molecule has 2 amide bonds. The van der Waals surface area contributed by atoms with Crippen LogP contribution in [0, 0.1) is 19.8 Å². The lowest BCUT2D eigenvalue weighted by Gasteiger charge is -2.17. The summed E-state index contributed by atoms with van der Waals surface area (Å²) < 4.78 is 2.76. The van der Waals surface area contributed by atoms with Crippen molar-refractivity contribution in [3.63, 3.8) is 0 Å². The number of hydrogen-bond donors (Lipinski definition) is 1. The van der Waals surface area contributed by atoms with E-state index in [0.717, 1.165) is 28.0 Å². The largest absolute Gasteiger partial charge is 0.336 e. The summed E-state index contributed by atoms with van der Waals surface area (Å²) in [6.45, 7) is 9.01. The number of carbonyl (C=O) groups is 2. The molecule has 2 aromatic rings. The second-order valence-corrected chi connectivity index (χ2v) is 8.03. The average Bonchev–Trinajstić information content (AvgIpc) is 2.83. The number of halogens is 1. The van der Waals surface area contributed by atoms with Gasteiger partial charge in [-0.1, -0.05) is 26.0 Å². The van der Waals surface area contributed by atoms with Crippen LogP contribution < -0.4 is 5.32 Å². The van der Waals surface area contributed by atoms with E-state index in [1.807, 2.05) is 36.7 Å². The maximum Gasteiger partial charge on any atom is 0.244 e. The van der Waals surface area contributed by atoms with Crippen LogP contribution in [-0.4, -0.2) is 40.1 Å². The first kappa shape index (κ1) is 21.2. The summed E-state index contributed by atoms with van der Waals surface area (Å²) in [5, 5.41) is 7.36. The standard InChI is InChI=1S/C20H27BrN4O2/c1-13(2)11-25-15(4)16(14(3)23-25)10-20(27)24(5)12-19(26)22-18-9-7-6-8-17(18)21/h6-9,13H,10-12H2,1-5H3,(H,22,26). The SMILES string of the molecule is Cc1nn(CC(C)C)c(C)c1CC(=O)N(C)CC(=O)Nc1ccccc1Br. The third kappa shape index (κ3) is 5.66. The third-order valence-corrected chi connectivity index (χ3v) is 5.04. The summed E-state index contributed by atoms with van der Waals surface area (Å²) in [5.74, 6) is 0.143. The Balaban J connectivity index is 1.98. The number of aryl methyl sites for hydroxylation is 1. The van der Waals surface area contributed by atoms with Gasteiger partial charge in [0.1, 0.15) is 0 Å². The Hall–Kier alpha value is -2.15. The van der Waals surface area contributed by atoms with E-state index in [1.54, 1.807) is 13.1 Å². The second kappa shape index (κ2) is 9.17. The molecule has 0 unspecified atom stereocenters. The molecule has 1 heterocycles. The van der Waals surface area contributed by atoms with Crippen molar-refractivity contribution in [3.8, 4) is 0 Å². The average molecular weight is 435 g/mol. The number of nitrogens with one attached hydrogen (secondary N) is 1. The van der Waals surface area contributed by atoms with Gasteiger partial charge in [-0.2, -0.15) is 5.10 Å². The number of aromatic nitrogens is 2. The van der Waals surface area contributed by atoms with E-state index < -0.39 is 0 Å². The summed E-state index contributed by atoms with van der Waals surface area (Å²) in [5.41, 5.74) is 3.51. The number of benzene rings is 1. The number of para-hydroxylation sites is 1. The highest BCUT2D eigenvalue weighted by molar-refractivity contribution is 9.10. The summed E-state index contributed by atoms with van der Waals surface area (Å²) in [7, 11) is 1.64. The Morgan fingerprint density at radius 2 is 1.93 bits per heavy atom. The Labute approximate surface area is 169 Å². The van der Waals surface area contributed by atoms with E-state index in [2.05, 4.69) is 40.2 Å². The van der Waals surface area contributed by atoms with Gasteiger partial charge in [-0.3, -0.25) is 14.3 Å². The molecule has 0 atom stereocenters. The summed E-state index contributed by atoms with van der Waals surface area (Å²) in [4.78, 5) is 26.3. The van der Waals surface area contributed by atoms with Crippen LogP contribution >= 0.6 is 15.9 Å². The van der Waals surface area contributed by atoms with Crippen LogP contribution in [-0.2, 0) is 22.6 Å². The van der Waals surface area contributed by atoms with Gasteiger partial charge in [0, 0.05) is 29.3 Å². The highest BCUT2D eigenvalue weighted by Gasteiger charge is 2.19. The molecule has 0 bridgehead atoms. The molecule has 1 N–H and O–H groups in total. The minimum atomic E-state index is -0.235. The van der Waals surface area contributed by atoms with Gasteiger partial charge in [-0.25, -0.2) is 0 Å². The van der Waals surface area contributed by atoms with Gasteiger partial charge in [0.25, 0.3) is 0 Å². The third-order valence-electron chi connectivity index (χ3n) is 4.35. The smallest absolute Gasteiger partial charge is 0.244 e. The first-order valence-corrected chi connectivity index (χ1v) is 9.79. The highest BCUT2D eigenvalue weighted by Crippen LogP contribution is 2.21. The minimum Gasteiger partial charge on any atom is -0.336 e. The molecule has 0 fully saturated rings. The van der Waals surface area contributed by atoms with E-state index in [1.165, 1.54) is 4.90 Å². The molecule has 146 valence electrons. The van der Waals surface area contributed by atoms with Crippen LogP contribution in [0.25, 0.3) is 0 Å². The molecular formula is C20H27BrN4O2. The van der Waals surface area contributed by atoms with Crippen LogP contribution in [0.2, 0.25) is 0 Å². The lowest BCUT2D eigenvalue weighted by Crippen LogP contribution is -2.36. The zero-order valence-corrected chi connectivity index (χ0v) is 18.1. The van der Waals surface area contributed by atoms with Crippen LogP contribution in [0.15, 0.2) is 28.7 Å². The van der Waals surface area contributed by atoms with Gasteiger partial charge in [0.15, 0.2) is 0 Å². The van der Waals surface area contributed by atoms with Crippen molar-refractivity contribution in [1.82, 2.24) is 14.7 Å². The Bertz CT molecular complexity index is 829. The Kier molecular flexibility index (Phi) is 7.18. The Morgan fingerprint density at radius 3 is 2.56 bits per heavy atom. The maximum absolute atomic E-state index is 12.6. The van der Waals surface area contributed by atoms with Gasteiger partial charge in [-0.05, 0) is 47.8 Å². The number of anilines is 1. The van der Waals surface area contributed by atoms with Crippen LogP contribution in [0.4, 0.5) is 5.69 Å². The van der Waals surface area contributed by atoms with Crippen molar-refractivity contribution < 1.29 is 9.59 Å². The van der Waals surface area contributed by atoms with E-state index in [4.69, 9.17) is 0 Å². The molecule has 0 aliphatic heterocycles. The second-order valence-electron chi connectivity index (χ2n) is 7.18. The first-order chi connectivity index (χ1) is 12.7. The molecule has 27 heavy (non-hydrogen) atoms. The van der Waals surface area contributed by atoms with E-state index in [9.17, 15) is 9.59 Å². The monoisotopic (exact) mass is 434 g/mol. The van der Waals surface area contributed by atoms with Crippen molar-refractivity contribution in [2.75, 3.05) is 18.9 Å². The quantitative estimate of drug-likeness (QED) is 0.723. The first-order valence-electron chi connectivity index (χ1n) is 9.00. The summed E-state index contributed by atoms with van der Waals surface area (Å²) in [6.07, 6.45) is 0.245. The van der Waals surface area contributed by atoms with Crippen molar-refractivity contribution in [2.45, 2.75) is 40.7 Å². The van der Waals surface area contributed by atoms with Crippen molar-refractivity contribution in [3.05, 3.63) is 45.7 Å². The predicted octanol–water partition coefficient (Wildman–Crippen LogP) is 3.56. The van der Waals surface area contributed by atoms with Crippen molar-refractivity contribution >= 4 is 33.4 Å². The van der Waals surface area contributed by atoms with E-state index in [0.29, 0.717) is 11.6 Å². The fourth-order valence-corrected chi connectivity index (χ4v) is 3.24. The highest BCUT2D eigenvalue weighted by atomic mass is 79.9. The van der Waals surface area contributed by atoms with Gasteiger partial charge >= 0.3 is 0 Å². The van der Waals surface area contributed by atoms with Crippen LogP contribution in [0.3, 0.4) is 0 Å². The lowest BCUT2D eigenvalue weighted by molar-refractivity contribution is -0.132. The molecular weight excluding hydrogens is 408 g/mol. The minimum absolute atomic E-state index is 0.00159. The molecule has 1 aromatic carbocycles. The van der Waals surface area contributed by atoms with Gasteiger partial charge in [0.05, 0.1) is 24.3 Å². The number of carbonyl (C=O) groups excluding carboxylic acids is 2. The lowest BCUT2D eigenvalue weighted by atomic mass is 10.1. The fraction of sp³-hybridized carbons (Fsp3) is 0.450. The predicted molar refractivity (Wildman–Crippen MR) is 111 cm³/mol. The van der Waals surface area contributed by atoms with E-state index >= 15 is 0 Å². The molecule has 0 saturated heterocycles. The summed E-state index contributed by atoms with van der Waals surface area (Å²) in [6, 6.07) is 7.37. The molecule has 7 heteroatoms. The van der Waals surface area contributed by atoms with Crippen molar-refractivity contribution in [1.29, 1.82) is 0 Å². The van der Waals surface area contributed by atoms with Gasteiger partial charge in [-0.15, -0.1) is 0 Å². The van der Waals surface area contributed by atoms with Gasteiger partial charge < -0.3 is 10.2 Å². The fourth-order valence-electron chi connectivity index (χ4n) is 2.86. The molecule has 0 aliphatic rings. The number of nitrogens with zero attached hydrogens (tertiary/aromatic N) is 3. The molecule has 2 rings (SSSR count). The van der Waals surface area contributed by atoms with Crippen LogP contribution in [0.5, 0.6) is 0 Å². The summed E-state index contributed by atoms with van der Waals surface area (Å²) >= 11 is 3.39.